The van der Waals surface area contributed by atoms with E-state index in [1.165, 1.54) is 0 Å². The summed E-state index contributed by atoms with van der Waals surface area (Å²) in [5.74, 6) is 0.599. The Kier molecular flexibility index (Phi) is 7.23. The van der Waals surface area contributed by atoms with Crippen LogP contribution in [0.3, 0.4) is 0 Å². The summed E-state index contributed by atoms with van der Waals surface area (Å²) < 4.78 is 5.67. The lowest BCUT2D eigenvalue weighted by molar-refractivity contribution is -0.117. The summed E-state index contributed by atoms with van der Waals surface area (Å²) in [4.78, 5) is 14.0. The Balaban J connectivity index is 2.41. The Morgan fingerprint density at radius 1 is 1.24 bits per heavy atom. The van der Waals surface area contributed by atoms with E-state index >= 15 is 0 Å². The minimum atomic E-state index is -0.0129. The first-order chi connectivity index (χ1) is 9.90. The summed E-state index contributed by atoms with van der Waals surface area (Å²) in [6.45, 7) is 6.86. The number of rotatable bonds is 8. The summed E-state index contributed by atoms with van der Waals surface area (Å²) in [5.41, 5.74) is 1.84. The smallest absolute Gasteiger partial charge is 0.226 e. The monoisotopic (exact) mass is 292 g/mol. The van der Waals surface area contributed by atoms with Crippen molar-refractivity contribution in [2.75, 3.05) is 30.9 Å². The number of amides is 1. The first kappa shape index (κ1) is 17.5. The zero-order chi connectivity index (χ0) is 15.8. The first-order valence-corrected chi connectivity index (χ1v) is 7.58. The molecule has 1 amide bonds. The third-order valence-corrected chi connectivity index (χ3v) is 3.19. The molecule has 1 N–H and O–H groups in total. The van der Waals surface area contributed by atoms with E-state index in [0.717, 1.165) is 17.8 Å². The molecule has 1 atom stereocenters. The van der Waals surface area contributed by atoms with E-state index in [1.54, 1.807) is 0 Å². The zero-order valence-electron chi connectivity index (χ0n) is 13.8. The first-order valence-electron chi connectivity index (χ1n) is 7.58. The summed E-state index contributed by atoms with van der Waals surface area (Å²) >= 11 is 0. The second-order valence-corrected chi connectivity index (χ2v) is 6.02. The Bertz CT molecular complexity index is 444. The van der Waals surface area contributed by atoms with Crippen molar-refractivity contribution in [2.24, 2.45) is 5.92 Å². The molecular weight excluding hydrogens is 264 g/mol. The lowest BCUT2D eigenvalue weighted by Crippen LogP contribution is -2.19. The van der Waals surface area contributed by atoms with E-state index in [1.807, 2.05) is 43.3 Å². The summed E-state index contributed by atoms with van der Waals surface area (Å²) in [6.07, 6.45) is 1.60. The number of nitrogens with zero attached hydrogens (tertiary/aromatic N) is 1. The minimum Gasteiger partial charge on any atom is -0.378 e. The molecular formula is C17H28N2O2. The zero-order valence-corrected chi connectivity index (χ0v) is 13.8. The molecule has 0 saturated heterocycles. The Morgan fingerprint density at radius 3 is 2.52 bits per heavy atom. The SMILES string of the molecule is CC(C)CC(C)OCCC(=O)Nc1ccccc1N(C)C. The molecule has 0 aliphatic heterocycles. The maximum absolute atomic E-state index is 12.0. The van der Waals surface area contributed by atoms with Gasteiger partial charge in [0.1, 0.15) is 0 Å². The number of carbonyl (C=O) groups excluding carboxylic acids is 1. The van der Waals surface area contributed by atoms with Crippen LogP contribution < -0.4 is 10.2 Å². The molecule has 0 aliphatic rings. The molecule has 0 aromatic heterocycles. The maximum Gasteiger partial charge on any atom is 0.226 e. The van der Waals surface area contributed by atoms with Gasteiger partial charge in [-0.25, -0.2) is 0 Å². The van der Waals surface area contributed by atoms with Crippen molar-refractivity contribution in [2.45, 2.75) is 39.7 Å². The normalized spacial score (nSPS) is 12.3. The largest absolute Gasteiger partial charge is 0.378 e. The van der Waals surface area contributed by atoms with Crippen molar-refractivity contribution in [1.29, 1.82) is 0 Å². The van der Waals surface area contributed by atoms with Gasteiger partial charge in [-0.1, -0.05) is 26.0 Å². The van der Waals surface area contributed by atoms with Crippen LogP contribution in [0.2, 0.25) is 0 Å². The molecule has 118 valence electrons. The van der Waals surface area contributed by atoms with Crippen molar-refractivity contribution in [1.82, 2.24) is 0 Å². The van der Waals surface area contributed by atoms with Crippen molar-refractivity contribution in [3.63, 3.8) is 0 Å². The number of benzene rings is 1. The van der Waals surface area contributed by atoms with Gasteiger partial charge >= 0.3 is 0 Å². The molecule has 21 heavy (non-hydrogen) atoms. The molecule has 0 aliphatic carbocycles. The Labute approximate surface area is 128 Å². The van der Waals surface area contributed by atoms with Gasteiger partial charge in [0, 0.05) is 14.1 Å². The Morgan fingerprint density at radius 2 is 1.90 bits per heavy atom. The quantitative estimate of drug-likeness (QED) is 0.797. The molecule has 0 spiro atoms. The highest BCUT2D eigenvalue weighted by molar-refractivity contribution is 5.94. The highest BCUT2D eigenvalue weighted by Crippen LogP contribution is 2.23. The predicted octanol–water partition coefficient (Wildman–Crippen LogP) is 3.53. The van der Waals surface area contributed by atoms with Crippen LogP contribution in [0.5, 0.6) is 0 Å². The van der Waals surface area contributed by atoms with Crippen LogP contribution in [0.1, 0.15) is 33.6 Å². The fourth-order valence-electron chi connectivity index (χ4n) is 2.27. The van der Waals surface area contributed by atoms with E-state index in [-0.39, 0.29) is 12.0 Å². The lowest BCUT2D eigenvalue weighted by Gasteiger charge is -2.18. The summed E-state index contributed by atoms with van der Waals surface area (Å²) in [5, 5.41) is 2.95. The molecule has 0 radical (unpaired) electrons. The van der Waals surface area contributed by atoms with E-state index in [4.69, 9.17) is 4.74 Å². The van der Waals surface area contributed by atoms with Gasteiger partial charge in [-0.05, 0) is 31.4 Å². The molecule has 1 aromatic rings. The van der Waals surface area contributed by atoms with Crippen LogP contribution in [0.4, 0.5) is 11.4 Å². The molecule has 0 heterocycles. The standard InChI is InChI=1S/C17H28N2O2/c1-13(2)12-14(3)21-11-10-17(20)18-15-8-6-7-9-16(15)19(4)5/h6-9,13-14H,10-12H2,1-5H3,(H,18,20). The number of ether oxygens (including phenoxy) is 1. The maximum atomic E-state index is 12.0. The van der Waals surface area contributed by atoms with E-state index in [0.29, 0.717) is 18.9 Å². The van der Waals surface area contributed by atoms with Gasteiger partial charge in [-0.15, -0.1) is 0 Å². The van der Waals surface area contributed by atoms with Crippen molar-refractivity contribution in [3.05, 3.63) is 24.3 Å². The third-order valence-electron chi connectivity index (χ3n) is 3.19. The number of hydrogen-bond acceptors (Lipinski definition) is 3. The van der Waals surface area contributed by atoms with E-state index < -0.39 is 0 Å². The van der Waals surface area contributed by atoms with Crippen LogP contribution in [0.25, 0.3) is 0 Å². The van der Waals surface area contributed by atoms with Crippen LogP contribution in [-0.2, 0) is 9.53 Å². The molecule has 1 unspecified atom stereocenters. The van der Waals surface area contributed by atoms with Gasteiger partial charge in [0.25, 0.3) is 0 Å². The number of para-hydroxylation sites is 2. The van der Waals surface area contributed by atoms with Crippen LogP contribution in [-0.4, -0.2) is 32.7 Å². The summed E-state index contributed by atoms with van der Waals surface area (Å²) in [6, 6.07) is 7.78. The topological polar surface area (TPSA) is 41.6 Å². The lowest BCUT2D eigenvalue weighted by atomic mass is 10.1. The van der Waals surface area contributed by atoms with E-state index in [2.05, 4.69) is 26.1 Å². The molecule has 0 saturated carbocycles. The van der Waals surface area contributed by atoms with Crippen LogP contribution >= 0.6 is 0 Å². The molecule has 4 heteroatoms. The van der Waals surface area contributed by atoms with Gasteiger partial charge in [0.15, 0.2) is 0 Å². The minimum absolute atomic E-state index is 0.0129. The molecule has 4 nitrogen and oxygen atoms in total. The fourth-order valence-corrected chi connectivity index (χ4v) is 2.27. The summed E-state index contributed by atoms with van der Waals surface area (Å²) in [7, 11) is 3.92. The van der Waals surface area contributed by atoms with Gasteiger partial charge in [-0.3, -0.25) is 4.79 Å². The number of carbonyl (C=O) groups is 1. The highest BCUT2D eigenvalue weighted by Gasteiger charge is 2.09. The number of hydrogen-bond donors (Lipinski definition) is 1. The van der Waals surface area contributed by atoms with Crippen molar-refractivity contribution >= 4 is 17.3 Å². The molecule has 0 bridgehead atoms. The van der Waals surface area contributed by atoms with Crippen molar-refractivity contribution in [3.8, 4) is 0 Å². The highest BCUT2D eigenvalue weighted by atomic mass is 16.5. The Hall–Kier alpha value is -1.55. The second kappa shape index (κ2) is 8.67. The van der Waals surface area contributed by atoms with E-state index in [9.17, 15) is 4.79 Å². The third kappa shape index (κ3) is 6.63. The average molecular weight is 292 g/mol. The molecule has 1 rings (SSSR count). The van der Waals surface area contributed by atoms with Gasteiger partial charge in [0.2, 0.25) is 5.91 Å². The number of anilines is 2. The van der Waals surface area contributed by atoms with Gasteiger partial charge in [-0.2, -0.15) is 0 Å². The molecule has 1 aromatic carbocycles. The second-order valence-electron chi connectivity index (χ2n) is 6.02. The van der Waals surface area contributed by atoms with Crippen LogP contribution in [0.15, 0.2) is 24.3 Å². The van der Waals surface area contributed by atoms with Gasteiger partial charge in [0.05, 0.1) is 30.5 Å². The molecule has 0 fully saturated rings. The fraction of sp³-hybridized carbons (Fsp3) is 0.588. The van der Waals surface area contributed by atoms with Crippen LogP contribution in [0, 0.1) is 5.92 Å². The average Bonchev–Trinajstić information content (AvgIpc) is 2.38. The van der Waals surface area contributed by atoms with Gasteiger partial charge < -0.3 is 15.0 Å². The number of nitrogens with one attached hydrogen (secondary N) is 1. The van der Waals surface area contributed by atoms with Crippen molar-refractivity contribution < 1.29 is 9.53 Å². The predicted molar refractivity (Wildman–Crippen MR) is 88.9 cm³/mol.